The van der Waals surface area contributed by atoms with Crippen molar-refractivity contribution in [3.63, 3.8) is 0 Å². The molecule has 0 aromatic rings. The van der Waals surface area contributed by atoms with Crippen molar-refractivity contribution in [2.75, 3.05) is 7.11 Å². The highest BCUT2D eigenvalue weighted by molar-refractivity contribution is 5.84. The van der Waals surface area contributed by atoms with E-state index in [2.05, 4.69) is 10.3 Å². The first-order valence-corrected chi connectivity index (χ1v) is 17.6. The zero-order valence-corrected chi connectivity index (χ0v) is 27.6. The van der Waals surface area contributed by atoms with Crippen LogP contribution >= 0.6 is 0 Å². The predicted molar refractivity (Wildman–Crippen MR) is 167 cm³/mol. The van der Waals surface area contributed by atoms with Crippen molar-refractivity contribution in [3.05, 3.63) is 30.2 Å². The Bertz CT molecular complexity index is 1260. The van der Waals surface area contributed by atoms with Crippen molar-refractivity contribution in [1.82, 2.24) is 0 Å². The molecule has 5 fully saturated rings. The number of carboxylic acid groups (broad SMARTS) is 1. The van der Waals surface area contributed by atoms with E-state index in [1.165, 1.54) is 25.0 Å². The lowest BCUT2D eigenvalue weighted by Crippen LogP contribution is -2.79. The molecule has 0 amide bonds. The molecule has 3 saturated carbocycles. The van der Waals surface area contributed by atoms with Crippen LogP contribution in [0.5, 0.6) is 0 Å². The van der Waals surface area contributed by atoms with Crippen molar-refractivity contribution in [1.29, 1.82) is 0 Å². The second kappa shape index (κ2) is 13.6. The molecule has 15 nitrogen and oxygen atoms in total. The van der Waals surface area contributed by atoms with E-state index < -0.39 is 83.8 Å². The van der Waals surface area contributed by atoms with Gasteiger partial charge in [0.05, 0.1) is 43.0 Å². The number of hydrogen-bond acceptors (Lipinski definition) is 13. The summed E-state index contributed by atoms with van der Waals surface area (Å²) in [5.74, 6) is -5.18. The topological polar surface area (TPSA) is 238 Å². The summed E-state index contributed by atoms with van der Waals surface area (Å²) in [7, 11) is 1.71. The van der Waals surface area contributed by atoms with Crippen LogP contribution in [-0.4, -0.2) is 133 Å². The standard InChI is InChI=1S/C34H48N2O13/c1-45-18-7-5-17(6-8-18)22-13-21(37)25-23(46-22)14-24(27(26(25)38)49-32(42)10-3-2-4-11-32)47-31-33(43)12-9-19(20-15-35-16-36-20)34(44,30(33)41)28(48-31)29(39)40/h9,12,15-19,21-28,30-31,37-38,41-44H,2-8,10-11,13-14H2,1H3/p+1/t17?,18?,19-,21?,22?,23?,24?,25?,26?,27?,28-,30+,31+,33+,34-/m1/s1. The molecule has 3 heterocycles. The number of aliphatic hydroxyl groups is 8. The molecule has 0 spiro atoms. The van der Waals surface area contributed by atoms with Gasteiger partial charge in [-0.05, 0) is 50.7 Å². The predicted octanol–water partition coefficient (Wildman–Crippen LogP) is -1.38. The molecule has 15 heteroatoms. The molecule has 0 aromatic carbocycles. The number of fused-ring (bicyclic) bond motifs is 3. The van der Waals surface area contributed by atoms with Crippen molar-refractivity contribution in [2.45, 2.75) is 149 Å². The Morgan fingerprint density at radius 3 is 2.47 bits per heavy atom. The van der Waals surface area contributed by atoms with Gasteiger partial charge in [-0.2, -0.15) is 0 Å². The lowest BCUT2D eigenvalue weighted by molar-refractivity contribution is -0.403. The van der Waals surface area contributed by atoms with E-state index in [0.29, 0.717) is 32.1 Å². The Balaban J connectivity index is 1.18. The van der Waals surface area contributed by atoms with Crippen LogP contribution in [-0.2, 0) is 23.7 Å². The Hall–Kier alpha value is -1.86. The number of methoxy groups -OCH3 is 1. The molecule has 2 saturated heterocycles. The van der Waals surface area contributed by atoms with Gasteiger partial charge in [0.1, 0.15) is 18.3 Å². The first kappa shape index (κ1) is 35.5. The molecule has 0 radical (unpaired) electrons. The van der Waals surface area contributed by atoms with Crippen LogP contribution in [0.3, 0.4) is 0 Å². The molecular weight excluding hydrogens is 644 g/mol. The molecule has 272 valence electrons. The maximum absolute atomic E-state index is 12.5. The van der Waals surface area contributed by atoms with Crippen molar-refractivity contribution < 1.29 is 64.2 Å². The fraction of sp³-hybridized carbons (Fsp3) is 0.824. The summed E-state index contributed by atoms with van der Waals surface area (Å²) in [6.07, 6.45) is -0.749. The molecule has 0 aromatic heterocycles. The normalized spacial score (nSPS) is 49.3. The van der Waals surface area contributed by atoms with E-state index in [1.807, 2.05) is 0 Å². The van der Waals surface area contributed by atoms with Crippen LogP contribution in [0.2, 0.25) is 0 Å². The summed E-state index contributed by atoms with van der Waals surface area (Å²) in [6, 6.07) is 0.146. The first-order valence-electron chi connectivity index (χ1n) is 17.6. The summed E-state index contributed by atoms with van der Waals surface area (Å²) in [6.45, 7) is 1.20. The minimum absolute atomic E-state index is 0.0746. The summed E-state index contributed by atoms with van der Waals surface area (Å²) in [5, 5.41) is 86.5. The van der Waals surface area contributed by atoms with Gasteiger partial charge in [0.25, 0.3) is 0 Å². The molecule has 7 N–H and O–H groups in total. The maximum Gasteiger partial charge on any atom is 0.302 e. The number of rotatable bonds is 8. The maximum atomic E-state index is 12.5. The quantitative estimate of drug-likeness (QED) is 0.0747. The number of aliphatic hydroxyl groups excluding tert-OH is 3. The zero-order valence-electron chi connectivity index (χ0n) is 27.6. The van der Waals surface area contributed by atoms with Crippen LogP contribution in [0.25, 0.3) is 5.32 Å². The second-order valence-electron chi connectivity index (χ2n) is 15.1. The molecule has 3 aliphatic heterocycles. The third-order valence-electron chi connectivity index (χ3n) is 12.2. The third kappa shape index (κ3) is 6.23. The van der Waals surface area contributed by atoms with Crippen molar-refractivity contribution >= 4 is 12.2 Å². The van der Waals surface area contributed by atoms with Gasteiger partial charge in [-0.25, -0.2) is 0 Å². The fourth-order valence-corrected chi connectivity index (χ4v) is 9.50. The molecule has 7 aliphatic rings. The first-order chi connectivity index (χ1) is 23.4. The van der Waals surface area contributed by atoms with E-state index in [9.17, 15) is 40.5 Å². The third-order valence-corrected chi connectivity index (χ3v) is 12.2. The Morgan fingerprint density at radius 1 is 1.08 bits per heavy atom. The summed E-state index contributed by atoms with van der Waals surface area (Å²) in [4.78, 5) is 16.3. The van der Waals surface area contributed by atoms with Gasteiger partial charge in [0.2, 0.25) is 0 Å². The molecule has 13 atom stereocenters. The highest BCUT2D eigenvalue weighted by atomic mass is 16.7. The smallest absolute Gasteiger partial charge is 0.302 e. The Morgan fingerprint density at radius 2 is 1.82 bits per heavy atom. The van der Waals surface area contributed by atoms with Gasteiger partial charge in [-0.15, -0.1) is 0 Å². The summed E-state index contributed by atoms with van der Waals surface area (Å²) < 4.78 is 29.1. The monoisotopic (exact) mass is 693 g/mol. The van der Waals surface area contributed by atoms with Crippen LogP contribution < -0.4 is 5.11 Å². The summed E-state index contributed by atoms with van der Waals surface area (Å²) >= 11 is 0. The van der Waals surface area contributed by atoms with E-state index in [1.54, 1.807) is 7.11 Å². The number of hydrogen-bond donors (Lipinski definition) is 6. The average molecular weight is 694 g/mol. The minimum atomic E-state index is -2.62. The number of carbonyl (C=O) groups excluding carboxylic acids is 1. The largest absolute Gasteiger partial charge is 0.547 e. The van der Waals surface area contributed by atoms with E-state index in [-0.39, 0.29) is 30.6 Å². The van der Waals surface area contributed by atoms with Crippen LogP contribution in [0, 0.1) is 30.5 Å². The molecule has 2 bridgehead atoms. The highest BCUT2D eigenvalue weighted by Crippen LogP contribution is 2.51. The van der Waals surface area contributed by atoms with Crippen LogP contribution in [0.15, 0.2) is 17.1 Å². The molecule has 4 aliphatic carbocycles. The molecule has 7 unspecified atom stereocenters. The van der Waals surface area contributed by atoms with Crippen molar-refractivity contribution in [3.8, 4) is 0 Å². The highest BCUT2D eigenvalue weighted by Gasteiger charge is 2.71. The van der Waals surface area contributed by atoms with Gasteiger partial charge < -0.3 is 64.2 Å². The zero-order chi connectivity index (χ0) is 34.7. The van der Waals surface area contributed by atoms with Gasteiger partial charge in [0, 0.05) is 38.7 Å². The lowest BCUT2D eigenvalue weighted by atomic mass is 9.63. The minimum Gasteiger partial charge on any atom is -0.547 e. The van der Waals surface area contributed by atoms with Crippen LogP contribution in [0.4, 0.5) is 0 Å². The van der Waals surface area contributed by atoms with E-state index in [4.69, 9.17) is 23.7 Å². The number of carboxylic acids is 1. The average Bonchev–Trinajstić information content (AvgIpc) is 3.61. The fourth-order valence-electron chi connectivity index (χ4n) is 9.50. The molecule has 7 rings (SSSR count). The second-order valence-corrected chi connectivity index (χ2v) is 15.1. The number of aliphatic carboxylic acids is 1. The van der Waals surface area contributed by atoms with E-state index in [0.717, 1.165) is 32.1 Å². The van der Waals surface area contributed by atoms with Crippen molar-refractivity contribution in [2.24, 2.45) is 22.7 Å². The number of nitrogens with zero attached hydrogens (tertiary/aromatic N) is 2. The lowest BCUT2D eigenvalue weighted by Gasteiger charge is -2.57. The molecule has 49 heavy (non-hydrogen) atoms. The number of ether oxygens (including phenoxy) is 5. The number of carbonyl (C=O) groups is 1. The van der Waals surface area contributed by atoms with Gasteiger partial charge in [-0.3, -0.25) is 5.32 Å². The number of aliphatic imine (C=N–C) groups is 1. The Labute approximate surface area is 285 Å². The summed E-state index contributed by atoms with van der Waals surface area (Å²) in [5.41, 5.74) is -5.08. The van der Waals surface area contributed by atoms with Gasteiger partial charge in [-0.1, -0.05) is 11.4 Å². The molecular formula is C34H49N2O13+. The van der Waals surface area contributed by atoms with Crippen LogP contribution in [0.1, 0.15) is 70.6 Å². The van der Waals surface area contributed by atoms with Gasteiger partial charge >= 0.3 is 6.21 Å². The van der Waals surface area contributed by atoms with E-state index >= 15 is 0 Å². The Kier molecular flexibility index (Phi) is 9.86. The SMILES string of the molecule is COC1CCC(C2CC(O)C3C(CC(O[C@H]4O[C@H](C(=O)[O-])[C@]5(O)[C@@H]([C+]6C=N[CH+][N-]6)C=C[C@]4(O)[C@@H]5O)C(OC4(O)CCCCC4)C3O)[OH+]2)CC1. The van der Waals surface area contributed by atoms with Gasteiger partial charge in [0.15, 0.2) is 47.4 Å².